The molecule has 0 spiro atoms. The number of aromatic amines is 1. The molecule has 1 saturated carbocycles. The molecule has 8 heteroatoms. The quantitative estimate of drug-likeness (QED) is 0.571. The van der Waals surface area contributed by atoms with Gasteiger partial charge in [-0.05, 0) is 12.8 Å². The van der Waals surface area contributed by atoms with E-state index in [0.29, 0.717) is 16.8 Å². The molecule has 0 radical (unpaired) electrons. The minimum absolute atomic E-state index is 0.0991. The van der Waals surface area contributed by atoms with Crippen LogP contribution in [0.4, 0.5) is 0 Å². The summed E-state index contributed by atoms with van der Waals surface area (Å²) in [5.74, 6) is 1.75. The van der Waals surface area contributed by atoms with Crippen LogP contribution in [0.1, 0.15) is 30.2 Å². The Balaban J connectivity index is 1.47. The highest BCUT2D eigenvalue weighted by molar-refractivity contribution is 7.98. The molecule has 1 fully saturated rings. The van der Waals surface area contributed by atoms with Crippen molar-refractivity contribution in [1.82, 2.24) is 24.9 Å². The molecule has 0 saturated heterocycles. The molecule has 23 heavy (non-hydrogen) atoms. The molecule has 0 amide bonds. The third-order valence-corrected chi connectivity index (χ3v) is 4.54. The highest BCUT2D eigenvalue weighted by atomic mass is 32.2. The normalized spacial score (nSPS) is 14.3. The minimum Gasteiger partial charge on any atom is -0.360 e. The van der Waals surface area contributed by atoms with Crippen LogP contribution in [-0.4, -0.2) is 24.9 Å². The van der Waals surface area contributed by atoms with E-state index in [-0.39, 0.29) is 5.56 Å². The lowest BCUT2D eigenvalue weighted by molar-refractivity contribution is 0.397. The molecule has 0 aliphatic heterocycles. The van der Waals surface area contributed by atoms with E-state index in [2.05, 4.69) is 20.2 Å². The summed E-state index contributed by atoms with van der Waals surface area (Å²) in [6.07, 6.45) is 5.87. The van der Waals surface area contributed by atoms with E-state index in [1.54, 1.807) is 16.9 Å². The number of H-pyrrole nitrogens is 1. The number of aromatic nitrogens is 5. The third-order valence-electron chi connectivity index (χ3n) is 3.65. The summed E-state index contributed by atoms with van der Waals surface area (Å²) < 4.78 is 7.06. The van der Waals surface area contributed by atoms with Gasteiger partial charge in [-0.15, -0.1) is 0 Å². The van der Waals surface area contributed by atoms with E-state index < -0.39 is 0 Å². The highest BCUT2D eigenvalue weighted by Crippen LogP contribution is 2.38. The lowest BCUT2D eigenvalue weighted by Crippen LogP contribution is -2.09. The monoisotopic (exact) mass is 329 g/mol. The molecule has 3 aromatic heterocycles. The van der Waals surface area contributed by atoms with Gasteiger partial charge in [0, 0.05) is 36.9 Å². The van der Waals surface area contributed by atoms with E-state index in [0.717, 1.165) is 35.6 Å². The van der Waals surface area contributed by atoms with Gasteiger partial charge in [-0.25, -0.2) is 4.98 Å². The molecule has 0 unspecified atom stereocenters. The molecule has 3 heterocycles. The Morgan fingerprint density at radius 2 is 2.30 bits per heavy atom. The maximum atomic E-state index is 11.7. The fraction of sp³-hybridized carbons (Fsp3) is 0.333. The van der Waals surface area contributed by atoms with Crippen LogP contribution in [-0.2, 0) is 12.8 Å². The second-order valence-electron chi connectivity index (χ2n) is 5.62. The molecule has 3 aromatic rings. The molecule has 118 valence electrons. The van der Waals surface area contributed by atoms with Crippen LogP contribution < -0.4 is 5.56 Å². The Bertz CT molecular complexity index is 893. The predicted molar refractivity (Wildman–Crippen MR) is 85.1 cm³/mol. The average Bonchev–Trinajstić information content (AvgIpc) is 3.12. The first kappa shape index (κ1) is 14.3. The molecule has 0 bridgehead atoms. The maximum absolute atomic E-state index is 11.7. The zero-order chi connectivity index (χ0) is 15.8. The maximum Gasteiger partial charge on any atom is 0.251 e. The second kappa shape index (κ2) is 5.69. The molecule has 0 aromatic carbocycles. The van der Waals surface area contributed by atoms with E-state index >= 15 is 0 Å². The zero-order valence-corrected chi connectivity index (χ0v) is 13.3. The van der Waals surface area contributed by atoms with Gasteiger partial charge in [0.2, 0.25) is 0 Å². The molecule has 1 N–H and O–H groups in total. The van der Waals surface area contributed by atoms with Gasteiger partial charge in [0.25, 0.3) is 5.56 Å². The van der Waals surface area contributed by atoms with Gasteiger partial charge in [-0.2, -0.15) is 5.10 Å². The number of nitrogens with one attached hydrogen (secondary N) is 1. The van der Waals surface area contributed by atoms with Crippen molar-refractivity contribution in [2.45, 2.75) is 29.7 Å². The molecular formula is C15H15N5O2S. The Hall–Kier alpha value is -2.35. The van der Waals surface area contributed by atoms with Gasteiger partial charge in [0.05, 0.1) is 17.6 Å². The molecule has 1 aliphatic carbocycles. The van der Waals surface area contributed by atoms with Gasteiger partial charge >= 0.3 is 0 Å². The largest absolute Gasteiger partial charge is 0.360 e. The molecular weight excluding hydrogens is 314 g/mol. The van der Waals surface area contributed by atoms with Crippen LogP contribution >= 0.6 is 11.8 Å². The number of hydrogen-bond donors (Lipinski definition) is 1. The van der Waals surface area contributed by atoms with Crippen LogP contribution in [0.3, 0.4) is 0 Å². The average molecular weight is 329 g/mol. The van der Waals surface area contributed by atoms with Crippen LogP contribution in [0.5, 0.6) is 0 Å². The van der Waals surface area contributed by atoms with Gasteiger partial charge in [0.1, 0.15) is 11.5 Å². The van der Waals surface area contributed by atoms with Crippen molar-refractivity contribution in [3.05, 3.63) is 46.3 Å². The summed E-state index contributed by atoms with van der Waals surface area (Å²) in [5.41, 5.74) is 2.46. The Labute approximate surface area is 136 Å². The fourth-order valence-electron chi connectivity index (χ4n) is 2.32. The summed E-state index contributed by atoms with van der Waals surface area (Å²) in [6.45, 7) is 0. The summed E-state index contributed by atoms with van der Waals surface area (Å²) in [6, 6.07) is 3.48. The van der Waals surface area contributed by atoms with Crippen molar-refractivity contribution in [3.63, 3.8) is 0 Å². The first-order valence-corrected chi connectivity index (χ1v) is 8.34. The van der Waals surface area contributed by atoms with Crippen LogP contribution in [0.15, 0.2) is 39.0 Å². The number of thioether (sulfide) groups is 1. The topological polar surface area (TPSA) is 89.6 Å². The van der Waals surface area contributed by atoms with E-state index in [1.165, 1.54) is 11.8 Å². The summed E-state index contributed by atoms with van der Waals surface area (Å²) in [4.78, 5) is 19.0. The van der Waals surface area contributed by atoms with Gasteiger partial charge in [-0.3, -0.25) is 9.48 Å². The van der Waals surface area contributed by atoms with Gasteiger partial charge in [-0.1, -0.05) is 16.9 Å². The van der Waals surface area contributed by atoms with E-state index in [9.17, 15) is 4.79 Å². The predicted octanol–water partition coefficient (Wildman–Crippen LogP) is 2.33. The van der Waals surface area contributed by atoms with Crippen molar-refractivity contribution < 1.29 is 4.52 Å². The minimum atomic E-state index is -0.0991. The van der Waals surface area contributed by atoms with Crippen LogP contribution in [0, 0.1) is 0 Å². The van der Waals surface area contributed by atoms with Crippen LogP contribution in [0.25, 0.3) is 11.3 Å². The van der Waals surface area contributed by atoms with Gasteiger partial charge in [0.15, 0.2) is 5.16 Å². The standard InChI is InChI=1S/C15H15N5O2S/c1-20-7-10(6-16-20)13-4-11(22-19-13)8-23-15-17-12(9-2-3-9)5-14(21)18-15/h4-7,9H,2-3,8H2,1H3,(H,17,18,21). The second-order valence-corrected chi connectivity index (χ2v) is 6.58. The van der Waals surface area contributed by atoms with Crippen molar-refractivity contribution >= 4 is 11.8 Å². The van der Waals surface area contributed by atoms with Crippen molar-refractivity contribution in [2.24, 2.45) is 7.05 Å². The Morgan fingerprint density at radius 3 is 3.04 bits per heavy atom. The number of nitrogens with zero attached hydrogens (tertiary/aromatic N) is 4. The number of aryl methyl sites for hydroxylation is 1. The summed E-state index contributed by atoms with van der Waals surface area (Å²) in [7, 11) is 1.86. The smallest absolute Gasteiger partial charge is 0.251 e. The highest BCUT2D eigenvalue weighted by Gasteiger charge is 2.25. The van der Waals surface area contributed by atoms with Gasteiger partial charge < -0.3 is 9.51 Å². The first-order valence-electron chi connectivity index (χ1n) is 7.36. The Morgan fingerprint density at radius 1 is 1.43 bits per heavy atom. The Kier molecular flexibility index (Phi) is 3.53. The number of rotatable bonds is 5. The van der Waals surface area contributed by atoms with Crippen LogP contribution in [0.2, 0.25) is 0 Å². The number of hydrogen-bond acceptors (Lipinski definition) is 6. The molecule has 7 nitrogen and oxygen atoms in total. The summed E-state index contributed by atoms with van der Waals surface area (Å²) >= 11 is 1.44. The molecule has 0 atom stereocenters. The lowest BCUT2D eigenvalue weighted by atomic mass is 10.2. The lowest BCUT2D eigenvalue weighted by Gasteiger charge is -2.01. The first-order chi connectivity index (χ1) is 11.2. The van der Waals surface area contributed by atoms with E-state index in [1.807, 2.05) is 19.3 Å². The summed E-state index contributed by atoms with van der Waals surface area (Å²) in [5, 5.41) is 8.79. The van der Waals surface area contributed by atoms with E-state index in [4.69, 9.17) is 4.52 Å². The fourth-order valence-corrected chi connectivity index (χ4v) is 3.08. The SMILES string of the molecule is Cn1cc(-c2cc(CSc3nc(C4CC4)cc(=O)[nH]3)on2)cn1. The van der Waals surface area contributed by atoms with Crippen molar-refractivity contribution in [1.29, 1.82) is 0 Å². The zero-order valence-electron chi connectivity index (χ0n) is 12.5. The third kappa shape index (κ3) is 3.21. The van der Waals surface area contributed by atoms with Crippen molar-refractivity contribution in [2.75, 3.05) is 0 Å². The molecule has 1 aliphatic rings. The molecule has 4 rings (SSSR count). The van der Waals surface area contributed by atoms with Crippen molar-refractivity contribution in [3.8, 4) is 11.3 Å².